The first-order chi connectivity index (χ1) is 6.83. The minimum Gasteiger partial charge on any atom is -0.249 e. The van der Waals surface area contributed by atoms with Gasteiger partial charge in [0, 0.05) is 6.20 Å². The van der Waals surface area contributed by atoms with Crippen molar-refractivity contribution in [3.8, 4) is 0 Å². The highest BCUT2D eigenvalue weighted by Crippen LogP contribution is 2.48. The van der Waals surface area contributed by atoms with Crippen LogP contribution in [0.2, 0.25) is 0 Å². The molecule has 2 aliphatic carbocycles. The lowest BCUT2D eigenvalue weighted by Crippen LogP contribution is -2.05. The molecule has 0 aliphatic heterocycles. The van der Waals surface area contributed by atoms with E-state index < -0.39 is 0 Å². The first-order valence-electron chi connectivity index (χ1n) is 5.13. The van der Waals surface area contributed by atoms with E-state index in [1.807, 2.05) is 12.3 Å². The SMILES string of the molecule is Brc1ccc(C2CC3C=CC2C3)cn1. The molecule has 1 aromatic heterocycles. The number of hydrogen-bond acceptors (Lipinski definition) is 1. The Bertz CT molecular complexity index is 368. The van der Waals surface area contributed by atoms with Crippen molar-refractivity contribution in [2.45, 2.75) is 18.8 Å². The van der Waals surface area contributed by atoms with E-state index in [1.54, 1.807) is 0 Å². The first kappa shape index (κ1) is 8.66. The summed E-state index contributed by atoms with van der Waals surface area (Å²) in [5.41, 5.74) is 1.41. The molecule has 2 heteroatoms. The third-order valence-electron chi connectivity index (χ3n) is 3.46. The quantitative estimate of drug-likeness (QED) is 0.549. The zero-order valence-electron chi connectivity index (χ0n) is 7.86. The summed E-state index contributed by atoms with van der Waals surface area (Å²) in [6.07, 6.45) is 9.48. The van der Waals surface area contributed by atoms with Crippen LogP contribution in [0, 0.1) is 11.8 Å². The molecule has 0 spiro atoms. The Morgan fingerprint density at radius 2 is 2.14 bits per heavy atom. The Balaban J connectivity index is 1.90. The second-order valence-electron chi connectivity index (χ2n) is 4.30. The number of nitrogens with zero attached hydrogens (tertiary/aromatic N) is 1. The number of hydrogen-bond donors (Lipinski definition) is 0. The van der Waals surface area contributed by atoms with Crippen LogP contribution >= 0.6 is 15.9 Å². The van der Waals surface area contributed by atoms with Crippen LogP contribution in [0.15, 0.2) is 35.1 Å². The average Bonchev–Trinajstić information content (AvgIpc) is 2.80. The predicted molar refractivity (Wildman–Crippen MR) is 60.0 cm³/mol. The Morgan fingerprint density at radius 1 is 1.21 bits per heavy atom. The summed E-state index contributed by atoms with van der Waals surface area (Å²) in [6.45, 7) is 0. The van der Waals surface area contributed by atoms with Crippen LogP contribution in [0.5, 0.6) is 0 Å². The average molecular weight is 250 g/mol. The van der Waals surface area contributed by atoms with Gasteiger partial charge in [-0.05, 0) is 58.2 Å². The lowest BCUT2D eigenvalue weighted by molar-refractivity contribution is 0.583. The number of halogens is 1. The fraction of sp³-hybridized carbons (Fsp3) is 0.417. The summed E-state index contributed by atoms with van der Waals surface area (Å²) >= 11 is 3.37. The maximum atomic E-state index is 4.30. The van der Waals surface area contributed by atoms with Crippen molar-refractivity contribution in [1.29, 1.82) is 0 Å². The van der Waals surface area contributed by atoms with Gasteiger partial charge >= 0.3 is 0 Å². The smallest absolute Gasteiger partial charge is 0.106 e. The summed E-state index contributed by atoms with van der Waals surface area (Å²) < 4.78 is 0.931. The monoisotopic (exact) mass is 249 g/mol. The van der Waals surface area contributed by atoms with Crippen LogP contribution in [-0.4, -0.2) is 4.98 Å². The van der Waals surface area contributed by atoms with Crippen molar-refractivity contribution in [2.24, 2.45) is 11.8 Å². The van der Waals surface area contributed by atoms with E-state index in [9.17, 15) is 0 Å². The fourth-order valence-electron chi connectivity index (χ4n) is 2.77. The van der Waals surface area contributed by atoms with Crippen LogP contribution in [0.3, 0.4) is 0 Å². The molecule has 2 aliphatic rings. The van der Waals surface area contributed by atoms with Gasteiger partial charge < -0.3 is 0 Å². The Hall–Kier alpha value is -0.630. The Labute approximate surface area is 92.4 Å². The lowest BCUT2D eigenvalue weighted by atomic mass is 9.88. The molecule has 0 radical (unpaired) electrons. The molecule has 1 saturated carbocycles. The van der Waals surface area contributed by atoms with E-state index in [0.29, 0.717) is 0 Å². The molecule has 1 heterocycles. The largest absolute Gasteiger partial charge is 0.249 e. The third kappa shape index (κ3) is 1.33. The molecular weight excluding hydrogens is 238 g/mol. The van der Waals surface area contributed by atoms with Crippen molar-refractivity contribution >= 4 is 15.9 Å². The second-order valence-corrected chi connectivity index (χ2v) is 5.11. The molecule has 0 aromatic carbocycles. The first-order valence-corrected chi connectivity index (χ1v) is 5.92. The maximum absolute atomic E-state index is 4.30. The maximum Gasteiger partial charge on any atom is 0.106 e. The van der Waals surface area contributed by atoms with E-state index in [1.165, 1.54) is 18.4 Å². The predicted octanol–water partition coefficient (Wildman–Crippen LogP) is 3.52. The highest BCUT2D eigenvalue weighted by molar-refractivity contribution is 9.10. The summed E-state index contributed by atoms with van der Waals surface area (Å²) in [5.74, 6) is 2.35. The van der Waals surface area contributed by atoms with Crippen LogP contribution in [0.25, 0.3) is 0 Å². The number of pyridine rings is 1. The number of rotatable bonds is 1. The molecule has 3 unspecified atom stereocenters. The number of fused-ring (bicyclic) bond motifs is 2. The molecule has 0 saturated heterocycles. The summed E-state index contributed by atoms with van der Waals surface area (Å²) in [7, 11) is 0. The topological polar surface area (TPSA) is 12.9 Å². The molecule has 0 N–H and O–H groups in total. The summed E-state index contributed by atoms with van der Waals surface area (Å²) in [4.78, 5) is 4.30. The van der Waals surface area contributed by atoms with E-state index >= 15 is 0 Å². The molecular formula is C12H12BrN. The molecule has 3 rings (SSSR count). The molecule has 3 atom stereocenters. The van der Waals surface area contributed by atoms with Crippen LogP contribution < -0.4 is 0 Å². The third-order valence-corrected chi connectivity index (χ3v) is 3.93. The zero-order chi connectivity index (χ0) is 9.54. The van der Waals surface area contributed by atoms with Gasteiger partial charge in [0.15, 0.2) is 0 Å². The summed E-state index contributed by atoms with van der Waals surface area (Å²) in [6, 6.07) is 4.25. The van der Waals surface area contributed by atoms with Crippen molar-refractivity contribution in [2.75, 3.05) is 0 Å². The fourth-order valence-corrected chi connectivity index (χ4v) is 3.01. The van der Waals surface area contributed by atoms with Crippen LogP contribution in [0.4, 0.5) is 0 Å². The molecule has 1 aromatic rings. The molecule has 1 fully saturated rings. The van der Waals surface area contributed by atoms with Gasteiger partial charge in [-0.25, -0.2) is 4.98 Å². The number of aromatic nitrogens is 1. The highest BCUT2D eigenvalue weighted by Gasteiger charge is 2.36. The van der Waals surface area contributed by atoms with E-state index in [0.717, 1.165) is 22.4 Å². The Kier molecular flexibility index (Phi) is 1.98. The standard InChI is InChI=1S/C12H12BrN/c13-12-4-3-10(7-14-12)11-6-8-1-2-9(11)5-8/h1-4,7-9,11H,5-6H2. The highest BCUT2D eigenvalue weighted by atomic mass is 79.9. The van der Waals surface area contributed by atoms with Gasteiger partial charge in [-0.2, -0.15) is 0 Å². The van der Waals surface area contributed by atoms with Crippen molar-refractivity contribution in [3.05, 3.63) is 40.6 Å². The zero-order valence-corrected chi connectivity index (χ0v) is 9.44. The van der Waals surface area contributed by atoms with Gasteiger partial charge in [0.2, 0.25) is 0 Å². The van der Waals surface area contributed by atoms with Crippen LogP contribution in [-0.2, 0) is 0 Å². The van der Waals surface area contributed by atoms with Gasteiger partial charge in [-0.15, -0.1) is 0 Å². The molecule has 0 amide bonds. The van der Waals surface area contributed by atoms with E-state index in [-0.39, 0.29) is 0 Å². The molecule has 14 heavy (non-hydrogen) atoms. The van der Waals surface area contributed by atoms with Crippen molar-refractivity contribution in [1.82, 2.24) is 4.98 Å². The van der Waals surface area contributed by atoms with Gasteiger partial charge in [-0.3, -0.25) is 0 Å². The van der Waals surface area contributed by atoms with E-state index in [4.69, 9.17) is 0 Å². The minimum absolute atomic E-state index is 0.727. The van der Waals surface area contributed by atoms with Crippen molar-refractivity contribution in [3.63, 3.8) is 0 Å². The van der Waals surface area contributed by atoms with Gasteiger partial charge in [0.25, 0.3) is 0 Å². The minimum atomic E-state index is 0.727. The Morgan fingerprint density at radius 3 is 2.71 bits per heavy atom. The summed E-state index contributed by atoms with van der Waals surface area (Å²) in [5, 5.41) is 0. The van der Waals surface area contributed by atoms with Crippen molar-refractivity contribution < 1.29 is 0 Å². The van der Waals surface area contributed by atoms with E-state index in [2.05, 4.69) is 39.1 Å². The van der Waals surface area contributed by atoms with Gasteiger partial charge in [0.05, 0.1) is 0 Å². The van der Waals surface area contributed by atoms with Gasteiger partial charge in [-0.1, -0.05) is 18.2 Å². The van der Waals surface area contributed by atoms with Gasteiger partial charge in [0.1, 0.15) is 4.60 Å². The van der Waals surface area contributed by atoms with Crippen LogP contribution in [0.1, 0.15) is 24.3 Å². The molecule has 72 valence electrons. The normalized spacial score (nSPS) is 33.9. The molecule has 1 nitrogen and oxygen atoms in total. The number of allylic oxidation sites excluding steroid dienone is 2. The molecule has 2 bridgehead atoms. The lowest BCUT2D eigenvalue weighted by Gasteiger charge is -2.17. The second kappa shape index (κ2) is 3.20.